The van der Waals surface area contributed by atoms with Crippen molar-refractivity contribution in [1.29, 1.82) is 0 Å². The highest BCUT2D eigenvalue weighted by atomic mass is 19.1. The lowest BCUT2D eigenvalue weighted by Gasteiger charge is -2.31. The number of likely N-dealkylation sites (N-methyl/N-ethyl adjacent to an activating group) is 1. The third kappa shape index (κ3) is 2.86. The van der Waals surface area contributed by atoms with Gasteiger partial charge in [0.2, 0.25) is 5.91 Å². The number of hydrogen-bond acceptors (Lipinski definition) is 5. The zero-order valence-corrected chi connectivity index (χ0v) is 14.0. The summed E-state index contributed by atoms with van der Waals surface area (Å²) in [6.07, 6.45) is 0. The Kier molecular flexibility index (Phi) is 3.72. The van der Waals surface area contributed by atoms with E-state index in [1.54, 1.807) is 6.07 Å². The van der Waals surface area contributed by atoms with Crippen LogP contribution in [-0.2, 0) is 24.4 Å². The lowest BCUT2D eigenvalue weighted by molar-refractivity contribution is -0.127. The zero-order chi connectivity index (χ0) is 17.6. The molecule has 0 radical (unpaired) electrons. The quantitative estimate of drug-likeness (QED) is 0.732. The fraction of sp³-hybridized carbons (Fsp3) is 0.375. The summed E-state index contributed by atoms with van der Waals surface area (Å²) < 4.78 is 15.2. The molecular formula is C16H18FN7O. The van der Waals surface area contributed by atoms with Gasteiger partial charge in [-0.2, -0.15) is 0 Å². The van der Waals surface area contributed by atoms with Gasteiger partial charge in [0.15, 0.2) is 0 Å². The number of fused-ring (bicyclic) bond motifs is 2. The highest BCUT2D eigenvalue weighted by Gasteiger charge is 2.31. The molecule has 8 nitrogen and oxygen atoms in total. The predicted octanol–water partition coefficient (Wildman–Crippen LogP) is 0.732. The van der Waals surface area contributed by atoms with E-state index in [1.807, 2.05) is 23.4 Å². The van der Waals surface area contributed by atoms with Crippen molar-refractivity contribution in [3.8, 4) is 0 Å². The van der Waals surface area contributed by atoms with Gasteiger partial charge < -0.3 is 14.9 Å². The minimum atomic E-state index is -0.323. The average molecular weight is 343 g/mol. The van der Waals surface area contributed by atoms with E-state index in [9.17, 15) is 9.18 Å². The van der Waals surface area contributed by atoms with Crippen LogP contribution in [0.15, 0.2) is 18.2 Å². The minimum absolute atomic E-state index is 0.0899. The summed E-state index contributed by atoms with van der Waals surface area (Å²) in [4.78, 5) is 21.9. The van der Waals surface area contributed by atoms with Gasteiger partial charge in [-0.05, 0) is 32.2 Å². The van der Waals surface area contributed by atoms with Crippen molar-refractivity contribution in [3.63, 3.8) is 0 Å². The molecule has 1 unspecified atom stereocenters. The number of H-pyrrole nitrogens is 1. The number of amides is 1. The molecule has 0 saturated heterocycles. The third-order valence-electron chi connectivity index (χ3n) is 4.52. The van der Waals surface area contributed by atoms with Crippen LogP contribution in [-0.4, -0.2) is 48.6 Å². The summed E-state index contributed by atoms with van der Waals surface area (Å²) in [5.41, 5.74) is 1.29. The monoisotopic (exact) mass is 343 g/mol. The van der Waals surface area contributed by atoms with Crippen molar-refractivity contribution in [1.82, 2.24) is 34.9 Å². The standard InChI is InChI=1S/C16H18FN7O/c1-9-21-22-15-8-23(2)13(7-24(9)15)16(25)18-6-14-19-11-4-3-10(17)5-12(11)20-14/h3-5,13H,6-8H2,1-2H3,(H,18,25)(H,19,20). The van der Waals surface area contributed by atoms with E-state index in [4.69, 9.17) is 0 Å². The number of nitrogens with one attached hydrogen (secondary N) is 2. The molecule has 4 rings (SSSR count). The molecule has 1 aromatic carbocycles. The molecule has 3 heterocycles. The molecule has 2 N–H and O–H groups in total. The molecule has 0 fully saturated rings. The molecule has 1 amide bonds. The average Bonchev–Trinajstić information content (AvgIpc) is 3.14. The SMILES string of the molecule is Cc1nnc2n1CC(C(=O)NCc1nc3ccc(F)cc3[nH]1)N(C)C2. The summed E-state index contributed by atoms with van der Waals surface area (Å²) in [6, 6.07) is 4.06. The lowest BCUT2D eigenvalue weighted by atomic mass is 10.2. The van der Waals surface area contributed by atoms with Gasteiger partial charge in [-0.25, -0.2) is 9.37 Å². The first-order valence-corrected chi connectivity index (χ1v) is 8.02. The van der Waals surface area contributed by atoms with Crippen LogP contribution in [0.1, 0.15) is 17.5 Å². The Bertz CT molecular complexity index is 947. The summed E-state index contributed by atoms with van der Waals surface area (Å²) in [5.74, 6) is 1.85. The number of aromatic amines is 1. The Hall–Kier alpha value is -2.81. The summed E-state index contributed by atoms with van der Waals surface area (Å²) >= 11 is 0. The summed E-state index contributed by atoms with van der Waals surface area (Å²) in [5, 5.41) is 11.1. The second-order valence-corrected chi connectivity index (χ2v) is 6.27. The smallest absolute Gasteiger partial charge is 0.239 e. The van der Waals surface area contributed by atoms with E-state index in [0.717, 1.165) is 11.6 Å². The number of halogens is 1. The second-order valence-electron chi connectivity index (χ2n) is 6.27. The van der Waals surface area contributed by atoms with Crippen LogP contribution >= 0.6 is 0 Å². The molecule has 2 aromatic heterocycles. The zero-order valence-electron chi connectivity index (χ0n) is 14.0. The van der Waals surface area contributed by atoms with E-state index >= 15 is 0 Å². The molecule has 0 bridgehead atoms. The number of benzene rings is 1. The van der Waals surface area contributed by atoms with E-state index in [1.165, 1.54) is 12.1 Å². The number of aryl methyl sites for hydroxylation is 1. The van der Waals surface area contributed by atoms with Gasteiger partial charge in [0, 0.05) is 0 Å². The normalized spacial score (nSPS) is 17.6. The molecule has 1 atom stereocenters. The molecular weight excluding hydrogens is 325 g/mol. The Labute approximate surface area is 143 Å². The Morgan fingerprint density at radius 2 is 2.28 bits per heavy atom. The maximum atomic E-state index is 13.2. The Morgan fingerprint density at radius 3 is 3.12 bits per heavy atom. The van der Waals surface area contributed by atoms with Crippen molar-refractivity contribution >= 4 is 16.9 Å². The number of imidazole rings is 1. The fourth-order valence-corrected chi connectivity index (χ4v) is 3.11. The first-order valence-electron chi connectivity index (χ1n) is 8.02. The lowest BCUT2D eigenvalue weighted by Crippen LogP contribution is -2.50. The largest absolute Gasteiger partial charge is 0.347 e. The number of aromatic nitrogens is 5. The number of carbonyl (C=O) groups is 1. The summed E-state index contributed by atoms with van der Waals surface area (Å²) in [6.45, 7) is 3.22. The number of hydrogen-bond donors (Lipinski definition) is 2. The molecule has 130 valence electrons. The molecule has 1 aliphatic rings. The minimum Gasteiger partial charge on any atom is -0.347 e. The topological polar surface area (TPSA) is 91.7 Å². The van der Waals surface area contributed by atoms with Crippen LogP contribution in [0.4, 0.5) is 4.39 Å². The van der Waals surface area contributed by atoms with Gasteiger partial charge in [-0.1, -0.05) is 0 Å². The van der Waals surface area contributed by atoms with Crippen LogP contribution in [0.5, 0.6) is 0 Å². The fourth-order valence-electron chi connectivity index (χ4n) is 3.11. The van der Waals surface area contributed by atoms with Gasteiger partial charge >= 0.3 is 0 Å². The Morgan fingerprint density at radius 1 is 1.44 bits per heavy atom. The molecule has 9 heteroatoms. The third-order valence-corrected chi connectivity index (χ3v) is 4.52. The molecule has 0 saturated carbocycles. The van der Waals surface area contributed by atoms with Crippen molar-refractivity contribution in [2.24, 2.45) is 0 Å². The first kappa shape index (κ1) is 15.7. The highest BCUT2D eigenvalue weighted by Crippen LogP contribution is 2.16. The Balaban J connectivity index is 1.45. The number of carbonyl (C=O) groups excluding carboxylic acids is 1. The second kappa shape index (κ2) is 5.92. The van der Waals surface area contributed by atoms with Crippen LogP contribution in [0, 0.1) is 12.7 Å². The van der Waals surface area contributed by atoms with Crippen molar-refractivity contribution < 1.29 is 9.18 Å². The molecule has 25 heavy (non-hydrogen) atoms. The molecule has 0 spiro atoms. The van der Waals surface area contributed by atoms with E-state index in [-0.39, 0.29) is 24.3 Å². The van der Waals surface area contributed by atoms with Gasteiger partial charge in [-0.15, -0.1) is 10.2 Å². The number of rotatable bonds is 3. The predicted molar refractivity (Wildman–Crippen MR) is 87.9 cm³/mol. The maximum absolute atomic E-state index is 13.2. The van der Waals surface area contributed by atoms with Gasteiger partial charge in [-0.3, -0.25) is 9.69 Å². The van der Waals surface area contributed by atoms with Gasteiger partial charge in [0.25, 0.3) is 0 Å². The van der Waals surface area contributed by atoms with Crippen molar-refractivity contribution in [2.45, 2.75) is 32.6 Å². The van der Waals surface area contributed by atoms with Crippen molar-refractivity contribution in [3.05, 3.63) is 41.5 Å². The van der Waals surface area contributed by atoms with E-state index < -0.39 is 0 Å². The van der Waals surface area contributed by atoms with Gasteiger partial charge in [0.05, 0.1) is 30.7 Å². The van der Waals surface area contributed by atoms with Crippen molar-refractivity contribution in [2.75, 3.05) is 7.05 Å². The molecule has 3 aromatic rings. The van der Waals surface area contributed by atoms with Crippen LogP contribution in [0.2, 0.25) is 0 Å². The van der Waals surface area contributed by atoms with E-state index in [0.29, 0.717) is 29.9 Å². The number of nitrogens with zero attached hydrogens (tertiary/aromatic N) is 5. The first-order chi connectivity index (χ1) is 12.0. The summed E-state index contributed by atoms with van der Waals surface area (Å²) in [7, 11) is 1.89. The molecule has 1 aliphatic heterocycles. The van der Waals surface area contributed by atoms with Gasteiger partial charge in [0.1, 0.15) is 29.3 Å². The maximum Gasteiger partial charge on any atom is 0.239 e. The van der Waals surface area contributed by atoms with Crippen LogP contribution in [0.25, 0.3) is 11.0 Å². The van der Waals surface area contributed by atoms with E-state index in [2.05, 4.69) is 25.5 Å². The molecule has 0 aliphatic carbocycles. The highest BCUT2D eigenvalue weighted by molar-refractivity contribution is 5.82. The van der Waals surface area contributed by atoms with Crippen LogP contribution in [0.3, 0.4) is 0 Å². The van der Waals surface area contributed by atoms with Crippen LogP contribution < -0.4 is 5.32 Å².